The van der Waals surface area contributed by atoms with Gasteiger partial charge in [0.15, 0.2) is 0 Å². The van der Waals surface area contributed by atoms with Crippen molar-refractivity contribution in [3.05, 3.63) is 0 Å². The van der Waals surface area contributed by atoms with E-state index in [1.54, 1.807) is 0 Å². The summed E-state index contributed by atoms with van der Waals surface area (Å²) < 4.78 is 26.8. The molecule has 0 rings (SSSR count). The molecule has 0 saturated heterocycles. The molecule has 0 saturated carbocycles. The summed E-state index contributed by atoms with van der Waals surface area (Å²) in [4.78, 5) is 0. The molecule has 0 radical (unpaired) electrons. The first-order valence-corrected chi connectivity index (χ1v) is 12.3. The van der Waals surface area contributed by atoms with E-state index in [0.29, 0.717) is 22.7 Å². The summed E-state index contributed by atoms with van der Waals surface area (Å²) >= 11 is -4.39. The van der Waals surface area contributed by atoms with E-state index < -0.39 is 16.1 Å². The first-order valence-electron chi connectivity index (χ1n) is 8.23. The first kappa shape index (κ1) is 19.4. The Morgan fingerprint density at radius 2 is 1.16 bits per heavy atom. The molecule has 4 heteroatoms. The van der Waals surface area contributed by atoms with Crippen LogP contribution in [0.5, 0.6) is 0 Å². The molecular weight excluding hydrogens is 276 g/mol. The van der Waals surface area contributed by atoms with Crippen molar-refractivity contribution < 1.29 is 26.0 Å². The van der Waals surface area contributed by atoms with Gasteiger partial charge in [-0.2, -0.15) is 0 Å². The van der Waals surface area contributed by atoms with E-state index in [1.165, 1.54) is 0 Å². The minimum absolute atomic E-state index is 0.570. The van der Waals surface area contributed by atoms with Crippen molar-refractivity contribution in [2.24, 2.45) is 0 Å². The summed E-state index contributed by atoms with van der Waals surface area (Å²) in [5.74, 6) is 0. The molecule has 0 aromatic carbocycles. The van der Waals surface area contributed by atoms with Crippen LogP contribution >= 0.6 is 0 Å². The Morgan fingerprint density at radius 1 is 0.684 bits per heavy atom. The van der Waals surface area contributed by atoms with Gasteiger partial charge < -0.3 is 0 Å². The molecule has 0 atom stereocenters. The average molecular weight is 310 g/mol. The third-order valence-electron chi connectivity index (χ3n) is 3.58. The van der Waals surface area contributed by atoms with Crippen LogP contribution in [0.25, 0.3) is 0 Å². The van der Waals surface area contributed by atoms with Crippen molar-refractivity contribution in [1.29, 1.82) is 0 Å². The van der Waals surface area contributed by atoms with Gasteiger partial charge in [-0.25, -0.2) is 0 Å². The van der Waals surface area contributed by atoms with Gasteiger partial charge in [-0.05, 0) is 0 Å². The van der Waals surface area contributed by atoms with Crippen LogP contribution in [0.15, 0.2) is 0 Å². The Labute approximate surface area is 121 Å². The van der Waals surface area contributed by atoms with Gasteiger partial charge >= 0.3 is 121 Å². The second kappa shape index (κ2) is 10.2. The molecule has 0 amide bonds. The fourth-order valence-electron chi connectivity index (χ4n) is 2.27. The summed E-state index contributed by atoms with van der Waals surface area (Å²) in [5, 5.41) is 0. The van der Waals surface area contributed by atoms with Gasteiger partial charge in [0.25, 0.3) is 0 Å². The van der Waals surface area contributed by atoms with Crippen molar-refractivity contribution >= 4 is 0 Å². The molecule has 0 aliphatic carbocycles. The second-order valence-corrected chi connectivity index (χ2v) is 12.4. The Kier molecular flexibility index (Phi) is 10.4. The zero-order valence-corrected chi connectivity index (χ0v) is 15.1. The van der Waals surface area contributed by atoms with Crippen molar-refractivity contribution in [3.63, 3.8) is 0 Å². The fourth-order valence-corrected chi connectivity index (χ4v) is 8.89. The van der Waals surface area contributed by atoms with E-state index in [1.807, 2.05) is 0 Å². The minimum atomic E-state index is -4.39. The fraction of sp³-hybridized carbons (Fsp3) is 1.00. The third-order valence-corrected chi connectivity index (χ3v) is 10.3. The molecule has 3 nitrogen and oxygen atoms in total. The Morgan fingerprint density at radius 3 is 1.58 bits per heavy atom. The third kappa shape index (κ3) is 7.70. The zero-order chi connectivity index (χ0) is 14.6. The quantitative estimate of drug-likeness (QED) is 0.331. The van der Waals surface area contributed by atoms with Gasteiger partial charge in [-0.3, -0.25) is 0 Å². The molecule has 0 unspecified atom stereocenters. The predicted octanol–water partition coefficient (Wildman–Crippen LogP) is 5.53. The van der Waals surface area contributed by atoms with Gasteiger partial charge in [0.2, 0.25) is 0 Å². The summed E-state index contributed by atoms with van der Waals surface area (Å²) in [6.45, 7) is 9.60. The topological polar surface area (TPSA) is 35.5 Å². The van der Waals surface area contributed by atoms with Gasteiger partial charge in [0, 0.05) is 0 Å². The molecular formula is C15H34O3Ti. The van der Waals surface area contributed by atoms with E-state index in [9.17, 15) is 3.32 Å². The second-order valence-electron chi connectivity index (χ2n) is 5.62. The van der Waals surface area contributed by atoms with Crippen LogP contribution in [0.2, 0.25) is 9.45 Å². The van der Waals surface area contributed by atoms with Crippen molar-refractivity contribution in [1.82, 2.24) is 0 Å². The van der Waals surface area contributed by atoms with Gasteiger partial charge in [0.05, 0.1) is 0 Å². The average Bonchev–Trinajstić information content (AvgIpc) is 2.42. The number of unbranched alkanes of at least 4 members (excludes halogenated alkanes) is 3. The van der Waals surface area contributed by atoms with Crippen LogP contribution in [-0.4, -0.2) is 13.2 Å². The van der Waals surface area contributed by atoms with Crippen LogP contribution in [0.4, 0.5) is 0 Å². The maximum absolute atomic E-state index is 13.6. The van der Waals surface area contributed by atoms with Gasteiger partial charge in [0.1, 0.15) is 0 Å². The molecule has 0 aliphatic heterocycles. The molecule has 0 aromatic rings. The van der Waals surface area contributed by atoms with E-state index >= 15 is 0 Å². The van der Waals surface area contributed by atoms with Crippen LogP contribution in [0.3, 0.4) is 0 Å². The SMILES string of the molecule is CCCC[O][Ti](=[O])([CH2]CCC)([CH2]CCC)[O]CCC. The molecule has 0 heterocycles. The van der Waals surface area contributed by atoms with Crippen LogP contribution < -0.4 is 0 Å². The molecule has 0 aliphatic rings. The monoisotopic (exact) mass is 310 g/mol. The molecule has 116 valence electrons. The summed E-state index contributed by atoms with van der Waals surface area (Å²) in [7, 11) is 0. The first-order chi connectivity index (χ1) is 9.04. The van der Waals surface area contributed by atoms with E-state index in [2.05, 4.69) is 27.7 Å². The standard InChI is InChI=1S/C4H9O.2C4H9.C3H7O.O.Ti/c1-2-3-4-5;2*1-3-4-2;1-2-3-4;;/h2-4H2,1H3;2*1,3-4H2,2H3;2-3H2,1H3;;/q-1;;;-1;;+2. The molecule has 0 aromatic heterocycles. The Balaban J connectivity index is 4.88. The van der Waals surface area contributed by atoms with Crippen LogP contribution in [0, 0.1) is 0 Å². The number of hydrogen-bond donors (Lipinski definition) is 0. The van der Waals surface area contributed by atoms with Crippen molar-refractivity contribution in [2.75, 3.05) is 13.2 Å². The summed E-state index contributed by atoms with van der Waals surface area (Å²) in [6.07, 6.45) is 6.91. The summed E-state index contributed by atoms with van der Waals surface area (Å²) in [5.41, 5.74) is 0. The number of hydrogen-bond acceptors (Lipinski definition) is 3. The van der Waals surface area contributed by atoms with E-state index in [4.69, 9.17) is 6.64 Å². The maximum atomic E-state index is 13.6. The molecule has 0 N–H and O–H groups in total. The van der Waals surface area contributed by atoms with Crippen LogP contribution in [-0.2, 0) is 26.0 Å². The van der Waals surface area contributed by atoms with E-state index in [0.717, 1.165) is 44.9 Å². The Bertz CT molecular complexity index is 245. The number of rotatable bonds is 13. The Hall–Kier alpha value is 0.434. The van der Waals surface area contributed by atoms with Crippen molar-refractivity contribution in [2.45, 2.75) is 82.1 Å². The molecule has 19 heavy (non-hydrogen) atoms. The summed E-state index contributed by atoms with van der Waals surface area (Å²) in [6, 6.07) is 0. The van der Waals surface area contributed by atoms with Crippen molar-refractivity contribution in [3.8, 4) is 0 Å². The molecule has 0 spiro atoms. The van der Waals surface area contributed by atoms with Gasteiger partial charge in [-0.1, -0.05) is 0 Å². The normalized spacial score (nSPS) is 12.9. The predicted molar refractivity (Wildman–Crippen MR) is 77.2 cm³/mol. The molecule has 0 bridgehead atoms. The van der Waals surface area contributed by atoms with Gasteiger partial charge in [-0.15, -0.1) is 0 Å². The zero-order valence-electron chi connectivity index (χ0n) is 13.5. The van der Waals surface area contributed by atoms with E-state index in [-0.39, 0.29) is 0 Å². The molecule has 0 fully saturated rings. The van der Waals surface area contributed by atoms with Crippen LogP contribution in [0.1, 0.15) is 72.6 Å².